The van der Waals surface area contributed by atoms with Crippen LogP contribution in [0.1, 0.15) is 24.6 Å². The fourth-order valence-corrected chi connectivity index (χ4v) is 2.95. The minimum Gasteiger partial charge on any atom is -0.314 e. The third-order valence-corrected chi connectivity index (χ3v) is 4.09. The molecule has 20 heavy (non-hydrogen) atoms. The summed E-state index contributed by atoms with van der Waals surface area (Å²) in [4.78, 5) is 7.25. The van der Waals surface area contributed by atoms with Gasteiger partial charge in [-0.1, -0.05) is 25.1 Å². The van der Waals surface area contributed by atoms with Crippen LogP contribution in [0.5, 0.6) is 0 Å². The molecule has 1 N–H and O–H groups in total. The number of hydrogen-bond acceptors (Lipinski definition) is 3. The maximum Gasteiger partial charge on any atom is 0.0708 e. The van der Waals surface area contributed by atoms with E-state index in [4.69, 9.17) is 0 Å². The molecule has 1 fully saturated rings. The maximum atomic E-state index is 4.64. The van der Waals surface area contributed by atoms with Gasteiger partial charge in [0.1, 0.15) is 0 Å². The van der Waals surface area contributed by atoms with Gasteiger partial charge in [-0.3, -0.25) is 9.88 Å². The molecule has 1 aliphatic rings. The molecule has 0 bridgehead atoms. The fraction of sp³-hybridized carbons (Fsp3) is 0.471. The van der Waals surface area contributed by atoms with Crippen LogP contribution >= 0.6 is 0 Å². The number of aromatic nitrogens is 1. The average Bonchev–Trinajstić information content (AvgIpc) is 2.36. The predicted octanol–water partition coefficient (Wildman–Crippen LogP) is 2.73. The van der Waals surface area contributed by atoms with Gasteiger partial charge in [-0.15, -0.1) is 0 Å². The van der Waals surface area contributed by atoms with Gasteiger partial charge in [0, 0.05) is 36.8 Å². The Bertz CT molecular complexity index is 590. The molecule has 0 saturated carbocycles. The van der Waals surface area contributed by atoms with Crippen molar-refractivity contribution in [3.8, 4) is 0 Å². The van der Waals surface area contributed by atoms with Crippen LogP contribution in [0.2, 0.25) is 0 Å². The Morgan fingerprint density at radius 2 is 2.10 bits per heavy atom. The smallest absolute Gasteiger partial charge is 0.0708 e. The van der Waals surface area contributed by atoms with Crippen molar-refractivity contribution in [2.45, 2.75) is 32.9 Å². The summed E-state index contributed by atoms with van der Waals surface area (Å²) in [7, 11) is 0. The van der Waals surface area contributed by atoms with Gasteiger partial charge in [-0.05, 0) is 37.6 Å². The third kappa shape index (κ3) is 2.69. The number of para-hydroxylation sites is 1. The van der Waals surface area contributed by atoms with Crippen LogP contribution in [0.3, 0.4) is 0 Å². The Kier molecular flexibility index (Phi) is 3.99. The largest absolute Gasteiger partial charge is 0.314 e. The standard InChI is InChI=1S/C17H23N3/c1-3-8-20(15-10-18-11-15)12-14-9-13(2)19-17-7-5-4-6-16(14)17/h4-7,9,15,18H,3,8,10-12H2,1-2H3. The van der Waals surface area contributed by atoms with Crippen molar-refractivity contribution in [1.82, 2.24) is 15.2 Å². The molecule has 0 aliphatic carbocycles. The molecule has 3 rings (SSSR count). The first kappa shape index (κ1) is 13.5. The van der Waals surface area contributed by atoms with Crippen molar-refractivity contribution in [3.05, 3.63) is 41.6 Å². The number of nitrogens with one attached hydrogen (secondary N) is 1. The minimum atomic E-state index is 0.696. The minimum absolute atomic E-state index is 0.696. The van der Waals surface area contributed by atoms with Gasteiger partial charge in [-0.2, -0.15) is 0 Å². The molecule has 3 nitrogen and oxygen atoms in total. The van der Waals surface area contributed by atoms with E-state index in [1.54, 1.807) is 0 Å². The summed E-state index contributed by atoms with van der Waals surface area (Å²) in [6, 6.07) is 11.4. The first-order valence-corrected chi connectivity index (χ1v) is 7.58. The van der Waals surface area contributed by atoms with Gasteiger partial charge in [0.25, 0.3) is 0 Å². The first-order valence-electron chi connectivity index (χ1n) is 7.58. The average molecular weight is 269 g/mol. The highest BCUT2D eigenvalue weighted by Gasteiger charge is 2.24. The molecule has 2 aromatic rings. The second-order valence-corrected chi connectivity index (χ2v) is 5.72. The lowest BCUT2D eigenvalue weighted by Gasteiger charge is -2.38. The number of benzene rings is 1. The summed E-state index contributed by atoms with van der Waals surface area (Å²) in [6.07, 6.45) is 1.21. The lowest BCUT2D eigenvalue weighted by atomic mass is 10.0. The van der Waals surface area contributed by atoms with Crippen molar-refractivity contribution in [1.29, 1.82) is 0 Å². The number of nitrogens with zero attached hydrogens (tertiary/aromatic N) is 2. The highest BCUT2D eigenvalue weighted by Crippen LogP contribution is 2.21. The van der Waals surface area contributed by atoms with Crippen LogP contribution in [0.15, 0.2) is 30.3 Å². The highest BCUT2D eigenvalue weighted by atomic mass is 15.2. The van der Waals surface area contributed by atoms with E-state index in [9.17, 15) is 0 Å². The fourth-order valence-electron chi connectivity index (χ4n) is 2.95. The van der Waals surface area contributed by atoms with Crippen molar-refractivity contribution in [2.75, 3.05) is 19.6 Å². The summed E-state index contributed by atoms with van der Waals surface area (Å²) in [6.45, 7) is 8.80. The van der Waals surface area contributed by atoms with E-state index in [1.807, 2.05) is 0 Å². The summed E-state index contributed by atoms with van der Waals surface area (Å²) in [5, 5.41) is 4.68. The van der Waals surface area contributed by atoms with E-state index in [-0.39, 0.29) is 0 Å². The topological polar surface area (TPSA) is 28.2 Å². The predicted molar refractivity (Wildman–Crippen MR) is 83.8 cm³/mol. The quantitative estimate of drug-likeness (QED) is 0.904. The number of rotatable bonds is 5. The van der Waals surface area contributed by atoms with Crippen LogP contribution in [0.25, 0.3) is 10.9 Å². The zero-order valence-electron chi connectivity index (χ0n) is 12.4. The molecule has 1 aromatic carbocycles. The number of fused-ring (bicyclic) bond motifs is 1. The molecule has 0 amide bonds. The maximum absolute atomic E-state index is 4.64. The van der Waals surface area contributed by atoms with E-state index >= 15 is 0 Å². The second-order valence-electron chi connectivity index (χ2n) is 5.72. The molecule has 1 aliphatic heterocycles. The second kappa shape index (κ2) is 5.90. The molecule has 3 heteroatoms. The van der Waals surface area contributed by atoms with E-state index in [2.05, 4.69) is 59.4 Å². The lowest BCUT2D eigenvalue weighted by Crippen LogP contribution is -2.57. The highest BCUT2D eigenvalue weighted by molar-refractivity contribution is 5.82. The van der Waals surface area contributed by atoms with Crippen LogP contribution < -0.4 is 5.32 Å². The Labute approximate surface area is 121 Å². The molecule has 0 spiro atoms. The monoisotopic (exact) mass is 269 g/mol. The Morgan fingerprint density at radius 1 is 1.30 bits per heavy atom. The Morgan fingerprint density at radius 3 is 2.80 bits per heavy atom. The Hall–Kier alpha value is -1.45. The van der Waals surface area contributed by atoms with E-state index in [1.165, 1.54) is 23.9 Å². The van der Waals surface area contributed by atoms with Gasteiger partial charge in [0.2, 0.25) is 0 Å². The molecule has 0 radical (unpaired) electrons. The summed E-state index contributed by atoms with van der Waals surface area (Å²) in [5.74, 6) is 0. The summed E-state index contributed by atoms with van der Waals surface area (Å²) in [5.41, 5.74) is 3.64. The van der Waals surface area contributed by atoms with Crippen molar-refractivity contribution >= 4 is 10.9 Å². The van der Waals surface area contributed by atoms with Crippen LogP contribution in [-0.4, -0.2) is 35.6 Å². The van der Waals surface area contributed by atoms with Crippen molar-refractivity contribution in [2.24, 2.45) is 0 Å². The zero-order valence-corrected chi connectivity index (χ0v) is 12.4. The van der Waals surface area contributed by atoms with Gasteiger partial charge < -0.3 is 5.32 Å². The summed E-state index contributed by atoms with van der Waals surface area (Å²) >= 11 is 0. The summed E-state index contributed by atoms with van der Waals surface area (Å²) < 4.78 is 0. The van der Waals surface area contributed by atoms with E-state index in [0.717, 1.165) is 30.8 Å². The van der Waals surface area contributed by atoms with Gasteiger partial charge >= 0.3 is 0 Å². The third-order valence-electron chi connectivity index (χ3n) is 4.09. The van der Waals surface area contributed by atoms with Gasteiger partial charge in [0.15, 0.2) is 0 Å². The zero-order chi connectivity index (χ0) is 13.9. The van der Waals surface area contributed by atoms with Crippen molar-refractivity contribution < 1.29 is 0 Å². The lowest BCUT2D eigenvalue weighted by molar-refractivity contribution is 0.138. The van der Waals surface area contributed by atoms with Crippen molar-refractivity contribution in [3.63, 3.8) is 0 Å². The number of pyridine rings is 1. The van der Waals surface area contributed by atoms with Gasteiger partial charge in [-0.25, -0.2) is 0 Å². The number of hydrogen-bond donors (Lipinski definition) is 1. The molecular formula is C17H23N3. The number of aryl methyl sites for hydroxylation is 1. The molecule has 2 heterocycles. The SMILES string of the molecule is CCCN(Cc1cc(C)nc2ccccc12)C1CNC1. The van der Waals surface area contributed by atoms with Gasteiger partial charge in [0.05, 0.1) is 5.52 Å². The van der Waals surface area contributed by atoms with Crippen LogP contribution in [0.4, 0.5) is 0 Å². The van der Waals surface area contributed by atoms with E-state index in [0.29, 0.717) is 6.04 Å². The van der Waals surface area contributed by atoms with Crippen LogP contribution in [0, 0.1) is 6.92 Å². The molecule has 106 valence electrons. The molecule has 1 aromatic heterocycles. The van der Waals surface area contributed by atoms with E-state index < -0.39 is 0 Å². The molecule has 1 saturated heterocycles. The van der Waals surface area contributed by atoms with Crippen LogP contribution in [-0.2, 0) is 6.54 Å². The molecule has 0 unspecified atom stereocenters. The molecule has 0 atom stereocenters. The first-order chi connectivity index (χ1) is 9.78. The Balaban J connectivity index is 1.91. The molecular weight excluding hydrogens is 246 g/mol. The normalized spacial score (nSPS) is 15.8.